The zero-order chi connectivity index (χ0) is 14.2. The fourth-order valence-electron chi connectivity index (χ4n) is 2.64. The molecule has 0 aromatic carbocycles. The van der Waals surface area contributed by atoms with Crippen molar-refractivity contribution in [1.29, 1.82) is 0 Å². The predicted octanol–water partition coefficient (Wildman–Crippen LogP) is 2.14. The first-order chi connectivity index (χ1) is 10.3. The van der Waals surface area contributed by atoms with Crippen molar-refractivity contribution in [3.05, 3.63) is 17.7 Å². The van der Waals surface area contributed by atoms with Crippen LogP contribution >= 0.6 is 11.3 Å². The number of aromatic nitrogens is 5. The molecule has 7 nitrogen and oxygen atoms in total. The van der Waals surface area contributed by atoms with Crippen molar-refractivity contribution in [3.8, 4) is 10.7 Å². The van der Waals surface area contributed by atoms with Gasteiger partial charge < -0.3 is 4.52 Å². The summed E-state index contributed by atoms with van der Waals surface area (Å²) in [4.78, 5) is 3.22. The second-order valence-corrected chi connectivity index (χ2v) is 6.33. The van der Waals surface area contributed by atoms with Crippen LogP contribution < -0.4 is 0 Å². The van der Waals surface area contributed by atoms with E-state index in [0.29, 0.717) is 0 Å². The highest BCUT2D eigenvalue weighted by atomic mass is 32.1. The highest BCUT2D eigenvalue weighted by molar-refractivity contribution is 7.19. The molecule has 8 heteroatoms. The Balaban J connectivity index is 1.63. The SMILES string of the molecule is Cc1cc(-c2nn3c(CN4CCCCC4)nnc3s2)no1. The minimum Gasteiger partial charge on any atom is -0.361 e. The highest BCUT2D eigenvalue weighted by Gasteiger charge is 2.18. The van der Waals surface area contributed by atoms with E-state index in [1.54, 1.807) is 0 Å². The molecule has 0 amide bonds. The quantitative estimate of drug-likeness (QED) is 0.738. The molecule has 1 saturated heterocycles. The van der Waals surface area contributed by atoms with Crippen LogP contribution in [0.2, 0.25) is 0 Å². The molecular formula is C13H16N6OS. The van der Waals surface area contributed by atoms with Gasteiger partial charge in [0, 0.05) is 6.07 Å². The Bertz CT molecular complexity index is 754. The van der Waals surface area contributed by atoms with Crippen molar-refractivity contribution >= 4 is 16.3 Å². The zero-order valence-corrected chi connectivity index (χ0v) is 12.6. The second kappa shape index (κ2) is 5.19. The molecular weight excluding hydrogens is 288 g/mol. The van der Waals surface area contributed by atoms with Crippen LogP contribution in [0.3, 0.4) is 0 Å². The predicted molar refractivity (Wildman–Crippen MR) is 78.0 cm³/mol. The van der Waals surface area contributed by atoms with Crippen LogP contribution in [0.1, 0.15) is 30.8 Å². The van der Waals surface area contributed by atoms with Gasteiger partial charge in [-0.15, -0.1) is 10.2 Å². The van der Waals surface area contributed by atoms with E-state index in [1.165, 1.54) is 30.6 Å². The van der Waals surface area contributed by atoms with Gasteiger partial charge >= 0.3 is 0 Å². The first kappa shape index (κ1) is 12.9. The van der Waals surface area contributed by atoms with Gasteiger partial charge in [0.2, 0.25) is 4.96 Å². The van der Waals surface area contributed by atoms with Gasteiger partial charge in [0.05, 0.1) is 6.54 Å². The maximum absolute atomic E-state index is 5.11. The molecule has 4 heterocycles. The number of likely N-dealkylation sites (tertiary alicyclic amines) is 1. The van der Waals surface area contributed by atoms with Gasteiger partial charge in [-0.25, -0.2) is 0 Å². The third kappa shape index (κ3) is 2.44. The molecule has 0 radical (unpaired) electrons. The summed E-state index contributed by atoms with van der Waals surface area (Å²) >= 11 is 1.48. The number of rotatable bonds is 3. The van der Waals surface area contributed by atoms with Gasteiger partial charge in [0.25, 0.3) is 0 Å². The van der Waals surface area contributed by atoms with Crippen LogP contribution in [-0.4, -0.2) is 43.0 Å². The van der Waals surface area contributed by atoms with Crippen molar-refractivity contribution in [2.45, 2.75) is 32.7 Å². The van der Waals surface area contributed by atoms with Crippen LogP contribution in [0.25, 0.3) is 15.7 Å². The van der Waals surface area contributed by atoms with Gasteiger partial charge in [-0.2, -0.15) is 9.61 Å². The van der Waals surface area contributed by atoms with Gasteiger partial charge in [-0.05, 0) is 32.9 Å². The van der Waals surface area contributed by atoms with Crippen molar-refractivity contribution in [3.63, 3.8) is 0 Å². The lowest BCUT2D eigenvalue weighted by Gasteiger charge is -2.25. The summed E-state index contributed by atoms with van der Waals surface area (Å²) < 4.78 is 6.94. The lowest BCUT2D eigenvalue weighted by molar-refractivity contribution is 0.214. The summed E-state index contributed by atoms with van der Waals surface area (Å²) in [7, 11) is 0. The third-order valence-corrected chi connectivity index (χ3v) is 4.64. The molecule has 0 spiro atoms. The highest BCUT2D eigenvalue weighted by Crippen LogP contribution is 2.25. The molecule has 21 heavy (non-hydrogen) atoms. The topological polar surface area (TPSA) is 72.3 Å². The average Bonchev–Trinajstić information content (AvgIpc) is 3.17. The first-order valence-electron chi connectivity index (χ1n) is 7.17. The van der Waals surface area contributed by atoms with Crippen LogP contribution in [0.15, 0.2) is 10.6 Å². The molecule has 1 aliphatic rings. The van der Waals surface area contributed by atoms with Crippen molar-refractivity contribution in [1.82, 2.24) is 29.9 Å². The Morgan fingerprint density at radius 3 is 2.86 bits per heavy atom. The molecule has 0 saturated carbocycles. The molecule has 0 aliphatic carbocycles. The van der Waals surface area contributed by atoms with Gasteiger partial charge in [0.1, 0.15) is 11.5 Å². The average molecular weight is 304 g/mol. The van der Waals surface area contributed by atoms with Crippen molar-refractivity contribution < 1.29 is 4.52 Å². The Morgan fingerprint density at radius 2 is 2.10 bits per heavy atom. The third-order valence-electron chi connectivity index (χ3n) is 3.72. The molecule has 3 aromatic rings. The molecule has 0 bridgehead atoms. The Kier molecular flexibility index (Phi) is 3.19. The summed E-state index contributed by atoms with van der Waals surface area (Å²) in [6.45, 7) is 4.95. The van der Waals surface area contributed by atoms with E-state index in [4.69, 9.17) is 4.52 Å². The normalized spacial score (nSPS) is 16.8. The van der Waals surface area contributed by atoms with Gasteiger partial charge in [0.15, 0.2) is 10.8 Å². The molecule has 0 N–H and O–H groups in total. The lowest BCUT2D eigenvalue weighted by Crippen LogP contribution is -2.30. The zero-order valence-electron chi connectivity index (χ0n) is 11.8. The summed E-state index contributed by atoms with van der Waals surface area (Å²) in [6, 6.07) is 1.88. The number of hydrogen-bond donors (Lipinski definition) is 0. The Morgan fingerprint density at radius 1 is 1.24 bits per heavy atom. The van der Waals surface area contributed by atoms with E-state index in [9.17, 15) is 0 Å². The van der Waals surface area contributed by atoms with E-state index >= 15 is 0 Å². The van der Waals surface area contributed by atoms with E-state index in [1.807, 2.05) is 17.5 Å². The fourth-order valence-corrected chi connectivity index (χ4v) is 3.45. The minimum absolute atomic E-state index is 0.756. The van der Waals surface area contributed by atoms with Crippen molar-refractivity contribution in [2.75, 3.05) is 13.1 Å². The van der Waals surface area contributed by atoms with Crippen LogP contribution in [0.5, 0.6) is 0 Å². The number of piperidine rings is 1. The Labute approximate surface area is 125 Å². The largest absolute Gasteiger partial charge is 0.361 e. The smallest absolute Gasteiger partial charge is 0.235 e. The number of hydrogen-bond acceptors (Lipinski definition) is 7. The second-order valence-electron chi connectivity index (χ2n) is 5.38. The number of aryl methyl sites for hydroxylation is 1. The number of fused-ring (bicyclic) bond motifs is 1. The van der Waals surface area contributed by atoms with E-state index < -0.39 is 0 Å². The fraction of sp³-hybridized carbons (Fsp3) is 0.538. The molecule has 1 aliphatic heterocycles. The van der Waals surface area contributed by atoms with Crippen LogP contribution in [0.4, 0.5) is 0 Å². The molecule has 0 unspecified atom stereocenters. The molecule has 3 aromatic heterocycles. The molecule has 0 atom stereocenters. The van der Waals surface area contributed by atoms with Crippen molar-refractivity contribution in [2.24, 2.45) is 0 Å². The maximum Gasteiger partial charge on any atom is 0.235 e. The summed E-state index contributed by atoms with van der Waals surface area (Å²) in [6.07, 6.45) is 3.86. The van der Waals surface area contributed by atoms with Gasteiger partial charge in [-0.3, -0.25) is 4.90 Å². The van der Waals surface area contributed by atoms with E-state index in [0.717, 1.165) is 46.9 Å². The molecule has 4 rings (SSSR count). The monoisotopic (exact) mass is 304 g/mol. The first-order valence-corrected chi connectivity index (χ1v) is 7.98. The molecule has 110 valence electrons. The molecule has 1 fully saturated rings. The minimum atomic E-state index is 0.756. The summed E-state index contributed by atoms with van der Waals surface area (Å²) in [5, 5.41) is 17.9. The standard InChI is InChI=1S/C13H16N6OS/c1-9-7-10(17-20-9)12-16-19-11(14-15-13(19)21-12)8-18-5-3-2-4-6-18/h7H,2-6,8H2,1H3. The number of nitrogens with zero attached hydrogens (tertiary/aromatic N) is 6. The van der Waals surface area contributed by atoms with Crippen LogP contribution in [-0.2, 0) is 6.54 Å². The Hall–Kier alpha value is -1.80. The lowest BCUT2D eigenvalue weighted by atomic mass is 10.1. The summed E-state index contributed by atoms with van der Waals surface area (Å²) in [5.74, 6) is 1.68. The summed E-state index contributed by atoms with van der Waals surface area (Å²) in [5.41, 5.74) is 0.756. The van der Waals surface area contributed by atoms with E-state index in [-0.39, 0.29) is 0 Å². The van der Waals surface area contributed by atoms with E-state index in [2.05, 4.69) is 25.4 Å². The maximum atomic E-state index is 5.11. The van der Waals surface area contributed by atoms with Gasteiger partial charge in [-0.1, -0.05) is 22.9 Å². The van der Waals surface area contributed by atoms with Crippen LogP contribution in [0, 0.1) is 6.92 Å².